The average molecular weight is 261 g/mol. The van der Waals surface area contributed by atoms with E-state index >= 15 is 0 Å². The fourth-order valence-electron chi connectivity index (χ4n) is 1.08. The Labute approximate surface area is 104 Å². The summed E-state index contributed by atoms with van der Waals surface area (Å²) >= 11 is 7.26. The molecule has 4 nitrogen and oxygen atoms in total. The summed E-state index contributed by atoms with van der Waals surface area (Å²) in [5.74, 6) is 1.89. The summed E-state index contributed by atoms with van der Waals surface area (Å²) < 4.78 is 0. The highest BCUT2D eigenvalue weighted by Crippen LogP contribution is 2.23. The molecule has 88 valence electrons. The number of aromatic nitrogens is 1. The first-order valence-electron chi connectivity index (χ1n) is 4.85. The Kier molecular flexibility index (Phi) is 5.02. The van der Waals surface area contributed by atoms with Crippen LogP contribution < -0.4 is 0 Å². The third kappa shape index (κ3) is 3.64. The van der Waals surface area contributed by atoms with Crippen LogP contribution in [0.3, 0.4) is 0 Å². The summed E-state index contributed by atoms with van der Waals surface area (Å²) in [5.41, 5.74) is 0.517. The van der Waals surface area contributed by atoms with Gasteiger partial charge >= 0.3 is 0 Å². The van der Waals surface area contributed by atoms with Crippen LogP contribution in [0.15, 0.2) is 17.2 Å². The molecule has 0 saturated heterocycles. The van der Waals surface area contributed by atoms with Gasteiger partial charge in [0.15, 0.2) is 0 Å². The minimum absolute atomic E-state index is 0.0646. The molecule has 1 heterocycles. The number of halogens is 1. The van der Waals surface area contributed by atoms with E-state index in [0.29, 0.717) is 17.5 Å². The molecule has 0 spiro atoms. The van der Waals surface area contributed by atoms with Gasteiger partial charge in [0.1, 0.15) is 5.69 Å². The Morgan fingerprint density at radius 2 is 2.31 bits per heavy atom. The maximum absolute atomic E-state index is 10.6. The number of alkyl halides is 1. The van der Waals surface area contributed by atoms with Crippen LogP contribution in [0.5, 0.6) is 0 Å². The normalized spacial score (nSPS) is 12.4. The molecule has 0 fully saturated rings. The number of pyridine rings is 1. The molecule has 1 atom stereocenters. The van der Waals surface area contributed by atoms with Crippen molar-refractivity contribution in [2.45, 2.75) is 18.9 Å². The quantitative estimate of drug-likeness (QED) is 0.353. The number of rotatable bonds is 5. The molecule has 1 unspecified atom stereocenters. The smallest absolute Gasteiger partial charge is 0.258 e. The van der Waals surface area contributed by atoms with Crippen LogP contribution in [0.4, 0.5) is 5.69 Å². The predicted molar refractivity (Wildman–Crippen MR) is 66.2 cm³/mol. The minimum Gasteiger partial charge on any atom is -0.258 e. The van der Waals surface area contributed by atoms with Crippen LogP contribution in [-0.2, 0) is 0 Å². The minimum atomic E-state index is -0.418. The maximum Gasteiger partial charge on any atom is 0.290 e. The highest BCUT2D eigenvalue weighted by molar-refractivity contribution is 7.99. The van der Waals surface area contributed by atoms with Crippen LogP contribution in [0.1, 0.15) is 12.6 Å². The van der Waals surface area contributed by atoms with Gasteiger partial charge in [0, 0.05) is 17.7 Å². The third-order valence-electron chi connectivity index (χ3n) is 2.01. The van der Waals surface area contributed by atoms with Crippen LogP contribution >= 0.6 is 23.4 Å². The zero-order valence-electron chi connectivity index (χ0n) is 9.14. The Morgan fingerprint density at radius 1 is 1.62 bits per heavy atom. The lowest BCUT2D eigenvalue weighted by atomic mass is 10.3. The Bertz CT molecular complexity index is 387. The van der Waals surface area contributed by atoms with Crippen molar-refractivity contribution >= 4 is 29.1 Å². The molecule has 0 aliphatic rings. The van der Waals surface area contributed by atoms with Crippen LogP contribution in [0, 0.1) is 23.0 Å². The van der Waals surface area contributed by atoms with Crippen molar-refractivity contribution < 1.29 is 4.92 Å². The Balaban J connectivity index is 2.70. The van der Waals surface area contributed by atoms with Gasteiger partial charge in [0.25, 0.3) is 5.69 Å². The second-order valence-electron chi connectivity index (χ2n) is 3.58. The van der Waals surface area contributed by atoms with E-state index in [9.17, 15) is 10.1 Å². The van der Waals surface area contributed by atoms with Gasteiger partial charge in [0.2, 0.25) is 0 Å². The molecule has 1 rings (SSSR count). The Morgan fingerprint density at radius 3 is 2.81 bits per heavy atom. The number of aryl methyl sites for hydroxylation is 1. The lowest BCUT2D eigenvalue weighted by molar-refractivity contribution is -0.385. The molecule has 0 N–H and O–H groups in total. The van der Waals surface area contributed by atoms with E-state index in [1.807, 2.05) is 0 Å². The van der Waals surface area contributed by atoms with Crippen molar-refractivity contribution in [3.8, 4) is 0 Å². The number of hydrogen-bond donors (Lipinski definition) is 0. The molecular formula is C10H13ClN2O2S. The number of hydrogen-bond acceptors (Lipinski definition) is 4. The largest absolute Gasteiger partial charge is 0.290 e. The number of nitro groups is 1. The first-order valence-corrected chi connectivity index (χ1v) is 6.37. The van der Waals surface area contributed by atoms with Crippen molar-refractivity contribution in [1.82, 2.24) is 4.98 Å². The molecular weight excluding hydrogens is 248 g/mol. The van der Waals surface area contributed by atoms with Crippen molar-refractivity contribution in [1.29, 1.82) is 0 Å². The van der Waals surface area contributed by atoms with E-state index in [2.05, 4.69) is 11.9 Å². The van der Waals surface area contributed by atoms with Gasteiger partial charge in [-0.3, -0.25) is 10.1 Å². The topological polar surface area (TPSA) is 56.0 Å². The van der Waals surface area contributed by atoms with E-state index in [1.165, 1.54) is 6.07 Å². The van der Waals surface area contributed by atoms with Crippen LogP contribution in [0.25, 0.3) is 0 Å². The van der Waals surface area contributed by atoms with Crippen molar-refractivity contribution in [2.24, 2.45) is 5.92 Å². The molecule has 0 aliphatic heterocycles. The summed E-state index contributed by atoms with van der Waals surface area (Å²) in [6, 6.07) is 3.17. The molecule has 1 aromatic heterocycles. The molecule has 0 aliphatic carbocycles. The molecule has 0 bridgehead atoms. The van der Waals surface area contributed by atoms with Crippen LogP contribution in [-0.4, -0.2) is 21.5 Å². The van der Waals surface area contributed by atoms with Crippen LogP contribution in [0.2, 0.25) is 0 Å². The van der Waals surface area contributed by atoms with Crippen molar-refractivity contribution in [3.05, 3.63) is 27.9 Å². The lowest BCUT2D eigenvalue weighted by Gasteiger charge is -2.06. The van der Waals surface area contributed by atoms with Gasteiger partial charge in [-0.05, 0) is 18.9 Å². The average Bonchev–Trinajstić information content (AvgIpc) is 2.25. The summed E-state index contributed by atoms with van der Waals surface area (Å²) in [6.45, 7) is 3.70. The van der Waals surface area contributed by atoms with Crippen molar-refractivity contribution in [3.63, 3.8) is 0 Å². The molecule has 1 aromatic rings. The summed E-state index contributed by atoms with van der Waals surface area (Å²) in [4.78, 5) is 14.3. The van der Waals surface area contributed by atoms with E-state index in [-0.39, 0.29) is 5.69 Å². The highest BCUT2D eigenvalue weighted by atomic mass is 35.5. The second kappa shape index (κ2) is 6.06. The van der Waals surface area contributed by atoms with E-state index in [4.69, 9.17) is 11.6 Å². The molecule has 0 saturated carbocycles. The Hall–Kier alpha value is -0.810. The molecule has 0 amide bonds. The molecule has 0 radical (unpaired) electrons. The highest BCUT2D eigenvalue weighted by Gasteiger charge is 2.12. The fourth-order valence-corrected chi connectivity index (χ4v) is 2.25. The predicted octanol–water partition coefficient (Wildman–Crippen LogP) is 3.27. The van der Waals surface area contributed by atoms with E-state index < -0.39 is 4.92 Å². The summed E-state index contributed by atoms with van der Waals surface area (Å²) in [7, 11) is 0. The molecule has 6 heteroatoms. The van der Waals surface area contributed by atoms with Gasteiger partial charge in [-0.25, -0.2) is 4.98 Å². The third-order valence-corrected chi connectivity index (χ3v) is 3.79. The lowest BCUT2D eigenvalue weighted by Crippen LogP contribution is -2.00. The van der Waals surface area contributed by atoms with Gasteiger partial charge < -0.3 is 0 Å². The number of nitrogens with zero attached hydrogens (tertiary/aromatic N) is 2. The SMILES string of the molecule is Cc1nc(SCC(C)CCl)ccc1[N+](=O)[O-]. The zero-order chi connectivity index (χ0) is 12.1. The second-order valence-corrected chi connectivity index (χ2v) is 4.93. The fraction of sp³-hybridized carbons (Fsp3) is 0.500. The first kappa shape index (κ1) is 13.3. The number of thioether (sulfide) groups is 1. The monoisotopic (exact) mass is 260 g/mol. The molecule has 16 heavy (non-hydrogen) atoms. The van der Waals surface area contributed by atoms with Crippen molar-refractivity contribution in [2.75, 3.05) is 11.6 Å². The van der Waals surface area contributed by atoms with E-state index in [1.54, 1.807) is 24.8 Å². The first-order chi connectivity index (χ1) is 7.54. The zero-order valence-corrected chi connectivity index (χ0v) is 10.7. The molecule has 0 aromatic carbocycles. The standard InChI is InChI=1S/C10H13ClN2O2S/c1-7(5-11)6-16-10-4-3-9(13(14)15)8(2)12-10/h3-4,7H,5-6H2,1-2H3. The maximum atomic E-state index is 10.6. The van der Waals surface area contributed by atoms with Gasteiger partial charge in [-0.1, -0.05) is 6.92 Å². The van der Waals surface area contributed by atoms with Gasteiger partial charge in [0.05, 0.1) is 9.95 Å². The van der Waals surface area contributed by atoms with Gasteiger partial charge in [-0.2, -0.15) is 0 Å². The van der Waals surface area contributed by atoms with Gasteiger partial charge in [-0.15, -0.1) is 23.4 Å². The summed E-state index contributed by atoms with van der Waals surface area (Å²) in [6.07, 6.45) is 0. The van der Waals surface area contributed by atoms with E-state index in [0.717, 1.165) is 10.8 Å². The summed E-state index contributed by atoms with van der Waals surface area (Å²) in [5, 5.41) is 11.4.